The summed E-state index contributed by atoms with van der Waals surface area (Å²) in [6.07, 6.45) is 2.62. The predicted molar refractivity (Wildman–Crippen MR) is 108 cm³/mol. The maximum absolute atomic E-state index is 12.8. The van der Waals surface area contributed by atoms with Crippen molar-refractivity contribution in [1.29, 1.82) is 5.26 Å². The number of nitrogens with zero attached hydrogens (tertiary/aromatic N) is 3. The van der Waals surface area contributed by atoms with Gasteiger partial charge in [-0.3, -0.25) is 9.80 Å². The first-order chi connectivity index (χ1) is 13.1. The number of hydrogen-bond donors (Lipinski definition) is 1. The molecule has 5 heteroatoms. The van der Waals surface area contributed by atoms with Gasteiger partial charge in [-0.05, 0) is 51.1 Å². The molecule has 0 radical (unpaired) electrons. The number of para-hydroxylation sites is 1. The van der Waals surface area contributed by atoms with E-state index in [1.165, 1.54) is 5.56 Å². The molecule has 1 saturated heterocycles. The lowest BCUT2D eigenvalue weighted by atomic mass is 9.81. The Bertz CT molecular complexity index is 828. The minimum atomic E-state index is -0.139. The summed E-state index contributed by atoms with van der Waals surface area (Å²) in [6.45, 7) is 1.16. The second-order valence-electron chi connectivity index (χ2n) is 7.16. The molecule has 3 rings (SSSR count). The van der Waals surface area contributed by atoms with Crippen LogP contribution in [0.2, 0.25) is 0 Å². The third-order valence-corrected chi connectivity index (χ3v) is 5.51. The van der Waals surface area contributed by atoms with Gasteiger partial charge in [-0.2, -0.15) is 5.26 Å². The molecule has 2 amide bonds. The van der Waals surface area contributed by atoms with Gasteiger partial charge >= 0.3 is 6.03 Å². The molecule has 1 aliphatic rings. The van der Waals surface area contributed by atoms with Gasteiger partial charge in [0.15, 0.2) is 0 Å². The molecular weight excluding hydrogens is 336 g/mol. The molecule has 1 fully saturated rings. The van der Waals surface area contributed by atoms with E-state index in [0.717, 1.165) is 19.3 Å². The number of urea groups is 1. The van der Waals surface area contributed by atoms with Gasteiger partial charge in [-0.1, -0.05) is 42.5 Å². The maximum atomic E-state index is 12.8. The highest BCUT2D eigenvalue weighted by Crippen LogP contribution is 2.36. The van der Waals surface area contributed by atoms with Crippen LogP contribution in [-0.2, 0) is 5.54 Å². The van der Waals surface area contributed by atoms with E-state index in [1.807, 2.05) is 24.3 Å². The number of nitriles is 1. The number of benzene rings is 2. The summed E-state index contributed by atoms with van der Waals surface area (Å²) >= 11 is 0. The highest BCUT2D eigenvalue weighted by molar-refractivity contribution is 5.93. The SMILES string of the molecule is CN(C)[C@@]1(c2ccccc2)CCCN(c2ccccc2C#N)C(=O)NCC1. The summed E-state index contributed by atoms with van der Waals surface area (Å²) in [6, 6.07) is 19.8. The number of anilines is 1. The number of carbonyl (C=O) groups is 1. The molecule has 0 aromatic heterocycles. The molecule has 0 spiro atoms. The molecule has 0 bridgehead atoms. The Balaban J connectivity index is 1.90. The van der Waals surface area contributed by atoms with Crippen molar-refractivity contribution in [2.24, 2.45) is 0 Å². The van der Waals surface area contributed by atoms with Crippen LogP contribution in [0.1, 0.15) is 30.4 Å². The minimum absolute atomic E-state index is 0.126. The first kappa shape index (κ1) is 18.9. The van der Waals surface area contributed by atoms with Gasteiger partial charge in [0.1, 0.15) is 6.07 Å². The molecule has 5 nitrogen and oxygen atoms in total. The Morgan fingerprint density at radius 1 is 1.07 bits per heavy atom. The molecule has 1 aliphatic heterocycles. The van der Waals surface area contributed by atoms with Crippen molar-refractivity contribution < 1.29 is 4.79 Å². The van der Waals surface area contributed by atoms with Crippen LogP contribution < -0.4 is 10.2 Å². The summed E-state index contributed by atoms with van der Waals surface area (Å²) in [5, 5.41) is 12.5. The molecular formula is C22H26N4O. The average molecular weight is 362 g/mol. The topological polar surface area (TPSA) is 59.4 Å². The predicted octanol–water partition coefficient (Wildman–Crippen LogP) is 3.72. The quantitative estimate of drug-likeness (QED) is 0.905. The normalized spacial score (nSPS) is 21.0. The van der Waals surface area contributed by atoms with Gasteiger partial charge < -0.3 is 5.32 Å². The Morgan fingerprint density at radius 3 is 2.48 bits per heavy atom. The first-order valence-corrected chi connectivity index (χ1v) is 9.36. The van der Waals surface area contributed by atoms with E-state index in [-0.39, 0.29) is 11.6 Å². The fourth-order valence-corrected chi connectivity index (χ4v) is 4.00. The monoisotopic (exact) mass is 362 g/mol. The Hall–Kier alpha value is -2.84. The lowest BCUT2D eigenvalue weighted by molar-refractivity contribution is 0.126. The van der Waals surface area contributed by atoms with Gasteiger partial charge in [0.25, 0.3) is 0 Å². The maximum Gasteiger partial charge on any atom is 0.321 e. The van der Waals surface area contributed by atoms with Crippen LogP contribution >= 0.6 is 0 Å². The fourth-order valence-electron chi connectivity index (χ4n) is 4.00. The van der Waals surface area contributed by atoms with E-state index in [1.54, 1.807) is 11.0 Å². The summed E-state index contributed by atoms with van der Waals surface area (Å²) in [5.41, 5.74) is 2.35. The number of rotatable bonds is 3. The molecule has 1 N–H and O–H groups in total. The Labute approximate surface area is 161 Å². The molecule has 0 saturated carbocycles. The zero-order valence-corrected chi connectivity index (χ0v) is 16.0. The number of hydrogen-bond acceptors (Lipinski definition) is 3. The third kappa shape index (κ3) is 3.81. The van der Waals surface area contributed by atoms with E-state index in [2.05, 4.69) is 54.6 Å². The highest BCUT2D eigenvalue weighted by atomic mass is 16.2. The van der Waals surface area contributed by atoms with Gasteiger partial charge in [0.05, 0.1) is 11.3 Å². The highest BCUT2D eigenvalue weighted by Gasteiger charge is 2.35. The van der Waals surface area contributed by atoms with Crippen molar-refractivity contribution in [1.82, 2.24) is 10.2 Å². The van der Waals surface area contributed by atoms with Crippen molar-refractivity contribution in [3.8, 4) is 6.07 Å². The van der Waals surface area contributed by atoms with Crippen LogP contribution in [0, 0.1) is 11.3 Å². The van der Waals surface area contributed by atoms with Crippen molar-refractivity contribution in [3.05, 3.63) is 65.7 Å². The van der Waals surface area contributed by atoms with Crippen LogP contribution in [0.3, 0.4) is 0 Å². The second kappa shape index (κ2) is 8.24. The molecule has 27 heavy (non-hydrogen) atoms. The van der Waals surface area contributed by atoms with Crippen molar-refractivity contribution in [2.45, 2.75) is 24.8 Å². The summed E-state index contributed by atoms with van der Waals surface area (Å²) in [7, 11) is 4.21. The zero-order chi connectivity index (χ0) is 19.3. The molecule has 1 atom stereocenters. The van der Waals surface area contributed by atoms with Crippen LogP contribution in [0.5, 0.6) is 0 Å². The Kier molecular flexibility index (Phi) is 5.78. The van der Waals surface area contributed by atoms with Gasteiger partial charge in [0.2, 0.25) is 0 Å². The van der Waals surface area contributed by atoms with Crippen LogP contribution in [-0.4, -0.2) is 38.1 Å². The van der Waals surface area contributed by atoms with Crippen molar-refractivity contribution in [3.63, 3.8) is 0 Å². The summed E-state index contributed by atoms with van der Waals surface area (Å²) < 4.78 is 0. The van der Waals surface area contributed by atoms with Gasteiger partial charge in [0, 0.05) is 18.6 Å². The molecule has 0 unspecified atom stereocenters. The number of nitrogens with one attached hydrogen (secondary N) is 1. The Morgan fingerprint density at radius 2 is 1.78 bits per heavy atom. The van der Waals surface area contributed by atoms with E-state index in [4.69, 9.17) is 0 Å². The lowest BCUT2D eigenvalue weighted by Gasteiger charge is -2.41. The smallest absolute Gasteiger partial charge is 0.321 e. The van der Waals surface area contributed by atoms with Gasteiger partial charge in [-0.25, -0.2) is 4.79 Å². The van der Waals surface area contributed by atoms with Crippen LogP contribution in [0.15, 0.2) is 54.6 Å². The molecule has 2 aromatic rings. The number of amides is 2. The van der Waals surface area contributed by atoms with Crippen molar-refractivity contribution >= 4 is 11.7 Å². The molecule has 1 heterocycles. The van der Waals surface area contributed by atoms with Crippen LogP contribution in [0.4, 0.5) is 10.5 Å². The largest absolute Gasteiger partial charge is 0.338 e. The fraction of sp³-hybridized carbons (Fsp3) is 0.364. The molecule has 140 valence electrons. The minimum Gasteiger partial charge on any atom is -0.338 e. The molecule has 0 aliphatic carbocycles. The second-order valence-corrected chi connectivity index (χ2v) is 7.16. The van der Waals surface area contributed by atoms with Gasteiger partial charge in [-0.15, -0.1) is 0 Å². The number of carbonyl (C=O) groups excluding carboxylic acids is 1. The van der Waals surface area contributed by atoms with Crippen molar-refractivity contribution in [2.75, 3.05) is 32.1 Å². The first-order valence-electron chi connectivity index (χ1n) is 9.36. The zero-order valence-electron chi connectivity index (χ0n) is 16.0. The van der Waals surface area contributed by atoms with E-state index in [0.29, 0.717) is 24.3 Å². The van der Waals surface area contributed by atoms with E-state index in [9.17, 15) is 10.1 Å². The van der Waals surface area contributed by atoms with Crippen LogP contribution in [0.25, 0.3) is 0 Å². The summed E-state index contributed by atoms with van der Waals surface area (Å²) in [4.78, 5) is 16.8. The average Bonchev–Trinajstić information content (AvgIpc) is 2.78. The molecule has 2 aromatic carbocycles. The third-order valence-electron chi connectivity index (χ3n) is 5.51. The summed E-state index contributed by atoms with van der Waals surface area (Å²) in [5.74, 6) is 0. The van der Waals surface area contributed by atoms with E-state index >= 15 is 0 Å². The standard InChI is InChI=1S/C22H26N4O/c1-25(2)22(19-10-4-3-5-11-19)13-8-16-26(21(27)24-15-14-22)20-12-7-6-9-18(20)17-23/h3-7,9-12H,8,13-16H2,1-2H3,(H,24,27)/t22-/m0/s1. The van der Waals surface area contributed by atoms with E-state index < -0.39 is 0 Å². The lowest BCUT2D eigenvalue weighted by Crippen LogP contribution is -2.44.